The van der Waals surface area contributed by atoms with Crippen molar-refractivity contribution in [1.82, 2.24) is 4.72 Å². The Kier molecular flexibility index (Phi) is 4.53. The Labute approximate surface area is 99.9 Å². The molecule has 0 bridgehead atoms. The highest BCUT2D eigenvalue weighted by Crippen LogP contribution is 2.10. The van der Waals surface area contributed by atoms with Crippen LogP contribution in [0.25, 0.3) is 0 Å². The van der Waals surface area contributed by atoms with Crippen molar-refractivity contribution >= 4 is 22.6 Å². The van der Waals surface area contributed by atoms with Gasteiger partial charge in [0.05, 0.1) is 10.9 Å². The standard InChI is InChI=1S/C11H11NO4S/c1-9-2-4-11(5-3-9)17(15,16)12-10(8-14)6-7-13/h2-5,10,12H,6H2,1H3/t10-/m0/s1. The monoisotopic (exact) mass is 253 g/mol. The van der Waals surface area contributed by atoms with E-state index in [1.54, 1.807) is 12.1 Å². The zero-order valence-electron chi connectivity index (χ0n) is 9.14. The van der Waals surface area contributed by atoms with E-state index in [0.29, 0.717) is 0 Å². The van der Waals surface area contributed by atoms with Crippen LogP contribution < -0.4 is 4.72 Å². The molecule has 0 aromatic heterocycles. The van der Waals surface area contributed by atoms with Crippen LogP contribution in [-0.4, -0.2) is 27.0 Å². The summed E-state index contributed by atoms with van der Waals surface area (Å²) in [6.45, 7) is 1.83. The van der Waals surface area contributed by atoms with E-state index in [2.05, 4.69) is 4.72 Å². The third-order valence-electron chi connectivity index (χ3n) is 2.06. The van der Waals surface area contributed by atoms with E-state index in [9.17, 15) is 18.0 Å². The SMILES string of the molecule is Cc1ccc(S(=O)(=O)N[C@H]([C]=O)C[C]=O)cc1. The molecule has 1 rings (SSSR count). The fourth-order valence-corrected chi connectivity index (χ4v) is 2.30. The Hall–Kier alpha value is -1.53. The molecule has 0 spiro atoms. The molecule has 0 amide bonds. The van der Waals surface area contributed by atoms with Crippen molar-refractivity contribution in [2.24, 2.45) is 0 Å². The number of benzene rings is 1. The van der Waals surface area contributed by atoms with Gasteiger partial charge in [-0.15, -0.1) is 0 Å². The van der Waals surface area contributed by atoms with Gasteiger partial charge in [-0.25, -0.2) is 8.42 Å². The normalized spacial score (nSPS) is 13.0. The summed E-state index contributed by atoms with van der Waals surface area (Å²) in [4.78, 5) is 20.6. The van der Waals surface area contributed by atoms with Crippen LogP contribution in [0.1, 0.15) is 12.0 Å². The molecule has 0 aliphatic heterocycles. The smallest absolute Gasteiger partial charge is 0.241 e. The van der Waals surface area contributed by atoms with Crippen molar-refractivity contribution < 1.29 is 18.0 Å². The molecule has 5 nitrogen and oxygen atoms in total. The molecule has 1 aromatic carbocycles. The van der Waals surface area contributed by atoms with E-state index in [0.717, 1.165) is 5.56 Å². The molecule has 1 N–H and O–H groups in total. The van der Waals surface area contributed by atoms with E-state index in [4.69, 9.17) is 0 Å². The molecular weight excluding hydrogens is 242 g/mol. The summed E-state index contributed by atoms with van der Waals surface area (Å²) >= 11 is 0. The average molecular weight is 253 g/mol. The molecule has 17 heavy (non-hydrogen) atoms. The Morgan fingerprint density at radius 3 is 2.29 bits per heavy atom. The van der Waals surface area contributed by atoms with Gasteiger partial charge in [0.1, 0.15) is 0 Å². The van der Waals surface area contributed by atoms with Crippen LogP contribution in [0.4, 0.5) is 0 Å². The van der Waals surface area contributed by atoms with Gasteiger partial charge in [0.25, 0.3) is 0 Å². The predicted octanol–water partition coefficient (Wildman–Crippen LogP) is 0.251. The lowest BCUT2D eigenvalue weighted by atomic mass is 10.2. The fraction of sp³-hybridized carbons (Fsp3) is 0.273. The highest BCUT2D eigenvalue weighted by molar-refractivity contribution is 7.89. The minimum Gasteiger partial charge on any atom is -0.291 e. The molecule has 0 aliphatic rings. The number of hydrogen-bond acceptors (Lipinski definition) is 4. The molecule has 0 aliphatic carbocycles. The minimum atomic E-state index is -3.80. The van der Waals surface area contributed by atoms with Gasteiger partial charge < -0.3 is 0 Å². The van der Waals surface area contributed by atoms with Crippen LogP contribution in [0, 0.1) is 6.92 Å². The maximum Gasteiger partial charge on any atom is 0.241 e. The van der Waals surface area contributed by atoms with E-state index >= 15 is 0 Å². The lowest BCUT2D eigenvalue weighted by molar-refractivity contribution is 0.517. The largest absolute Gasteiger partial charge is 0.291 e. The average Bonchev–Trinajstić information content (AvgIpc) is 2.28. The first-order chi connectivity index (χ1) is 7.99. The van der Waals surface area contributed by atoms with Crippen LogP contribution in [0.3, 0.4) is 0 Å². The van der Waals surface area contributed by atoms with Crippen LogP contribution in [-0.2, 0) is 19.6 Å². The van der Waals surface area contributed by atoms with Gasteiger partial charge in [-0.2, -0.15) is 4.72 Å². The Bertz CT molecular complexity index is 493. The van der Waals surface area contributed by atoms with Gasteiger partial charge in [0, 0.05) is 6.42 Å². The summed E-state index contributed by atoms with van der Waals surface area (Å²) < 4.78 is 25.6. The lowest BCUT2D eigenvalue weighted by Gasteiger charge is -2.09. The van der Waals surface area contributed by atoms with Crippen molar-refractivity contribution in [2.75, 3.05) is 0 Å². The zero-order valence-corrected chi connectivity index (χ0v) is 9.95. The van der Waals surface area contributed by atoms with Crippen molar-refractivity contribution in [3.63, 3.8) is 0 Å². The van der Waals surface area contributed by atoms with Gasteiger partial charge in [0.15, 0.2) is 0 Å². The van der Waals surface area contributed by atoms with Crippen LogP contribution in [0.5, 0.6) is 0 Å². The number of sulfonamides is 1. The summed E-state index contributed by atoms with van der Waals surface area (Å²) in [6, 6.07) is 4.92. The van der Waals surface area contributed by atoms with Crippen molar-refractivity contribution in [2.45, 2.75) is 24.3 Å². The summed E-state index contributed by atoms with van der Waals surface area (Å²) in [7, 11) is -3.80. The van der Waals surface area contributed by atoms with Gasteiger partial charge in [-0.05, 0) is 19.1 Å². The number of nitrogens with one attached hydrogen (secondary N) is 1. The Morgan fingerprint density at radius 2 is 1.82 bits per heavy atom. The third kappa shape index (κ3) is 3.76. The predicted molar refractivity (Wildman–Crippen MR) is 61.3 cm³/mol. The highest BCUT2D eigenvalue weighted by Gasteiger charge is 2.19. The Morgan fingerprint density at radius 1 is 1.24 bits per heavy atom. The molecule has 1 atom stereocenters. The first kappa shape index (κ1) is 13.5. The molecule has 0 saturated carbocycles. The lowest BCUT2D eigenvalue weighted by Crippen LogP contribution is -2.36. The van der Waals surface area contributed by atoms with E-state index in [-0.39, 0.29) is 11.3 Å². The van der Waals surface area contributed by atoms with Crippen LogP contribution >= 0.6 is 0 Å². The van der Waals surface area contributed by atoms with Crippen molar-refractivity contribution in [1.29, 1.82) is 0 Å². The number of carbonyl (C=O) groups excluding carboxylic acids is 2. The van der Waals surface area contributed by atoms with E-state index in [1.165, 1.54) is 24.7 Å². The second kappa shape index (κ2) is 5.70. The fourth-order valence-electron chi connectivity index (χ4n) is 1.16. The number of hydrogen-bond donors (Lipinski definition) is 1. The summed E-state index contributed by atoms with van der Waals surface area (Å²) in [6.07, 6.45) is 2.55. The van der Waals surface area contributed by atoms with Crippen molar-refractivity contribution in [3.05, 3.63) is 29.8 Å². The molecular formula is C11H11NO4S. The highest BCUT2D eigenvalue weighted by atomic mass is 32.2. The summed E-state index contributed by atoms with van der Waals surface area (Å²) in [5, 5.41) is 0. The van der Waals surface area contributed by atoms with Gasteiger partial charge in [-0.3, -0.25) is 9.59 Å². The quantitative estimate of drug-likeness (QED) is 0.788. The molecule has 6 heteroatoms. The minimum absolute atomic E-state index is 0.0363. The zero-order chi connectivity index (χ0) is 12.9. The van der Waals surface area contributed by atoms with Crippen LogP contribution in [0.15, 0.2) is 29.2 Å². The third-order valence-corrected chi connectivity index (χ3v) is 3.55. The second-order valence-electron chi connectivity index (χ2n) is 3.45. The van der Waals surface area contributed by atoms with Gasteiger partial charge in [0.2, 0.25) is 22.6 Å². The van der Waals surface area contributed by atoms with E-state index < -0.39 is 16.1 Å². The molecule has 0 saturated heterocycles. The molecule has 2 radical (unpaired) electrons. The summed E-state index contributed by atoms with van der Waals surface area (Å²) in [5.74, 6) is 0. The number of aryl methyl sites for hydroxylation is 1. The summed E-state index contributed by atoms with van der Waals surface area (Å²) in [5.41, 5.74) is 0.920. The number of rotatable bonds is 6. The second-order valence-corrected chi connectivity index (χ2v) is 5.17. The van der Waals surface area contributed by atoms with Gasteiger partial charge >= 0.3 is 0 Å². The molecule has 0 fully saturated rings. The maximum absolute atomic E-state index is 11.8. The van der Waals surface area contributed by atoms with Crippen molar-refractivity contribution in [3.8, 4) is 0 Å². The van der Waals surface area contributed by atoms with Crippen LogP contribution in [0.2, 0.25) is 0 Å². The first-order valence-corrected chi connectivity index (χ1v) is 6.29. The molecule has 0 unspecified atom stereocenters. The van der Waals surface area contributed by atoms with E-state index in [1.807, 2.05) is 6.92 Å². The molecule has 1 aromatic rings. The first-order valence-electron chi connectivity index (χ1n) is 4.81. The Balaban J connectivity index is 2.91. The maximum atomic E-state index is 11.8. The molecule has 0 heterocycles. The van der Waals surface area contributed by atoms with Gasteiger partial charge in [-0.1, -0.05) is 17.7 Å². The topological polar surface area (TPSA) is 80.3 Å². The molecule has 90 valence electrons.